The Hall–Kier alpha value is -2.10. The number of nitrogens with one attached hydrogen (secondary N) is 1. The maximum atomic E-state index is 13.4. The first-order valence-electron chi connectivity index (χ1n) is 5.20. The van der Waals surface area contributed by atoms with Gasteiger partial charge in [0.2, 0.25) is 0 Å². The average molecular weight is 234 g/mol. The van der Waals surface area contributed by atoms with Crippen molar-refractivity contribution in [2.45, 2.75) is 6.54 Å². The van der Waals surface area contributed by atoms with Crippen molar-refractivity contribution >= 4 is 11.4 Å². The summed E-state index contributed by atoms with van der Waals surface area (Å²) in [4.78, 5) is 0. The van der Waals surface area contributed by atoms with Gasteiger partial charge in [-0.05, 0) is 17.7 Å². The van der Waals surface area contributed by atoms with Gasteiger partial charge in [-0.2, -0.15) is 0 Å². The molecule has 0 spiro atoms. The summed E-state index contributed by atoms with van der Waals surface area (Å²) in [5, 5.41) is 2.80. The van der Waals surface area contributed by atoms with Crippen LogP contribution in [0.25, 0.3) is 0 Å². The highest BCUT2D eigenvalue weighted by Gasteiger charge is 2.11. The average Bonchev–Trinajstić information content (AvgIpc) is 2.35. The Labute approximate surface area is 98.1 Å². The third-order valence-electron chi connectivity index (χ3n) is 2.44. The van der Waals surface area contributed by atoms with E-state index in [-0.39, 0.29) is 11.4 Å². The molecule has 2 rings (SSSR count). The lowest BCUT2D eigenvalue weighted by atomic mass is 10.2. The Kier molecular flexibility index (Phi) is 3.23. The van der Waals surface area contributed by atoms with Gasteiger partial charge in [-0.3, -0.25) is 0 Å². The molecule has 0 heterocycles. The molecule has 0 fully saturated rings. The zero-order valence-corrected chi connectivity index (χ0v) is 9.08. The van der Waals surface area contributed by atoms with E-state index in [2.05, 4.69) is 5.32 Å². The summed E-state index contributed by atoms with van der Waals surface area (Å²) in [5.74, 6) is -1.85. The Morgan fingerprint density at radius 3 is 2.41 bits per heavy atom. The van der Waals surface area contributed by atoms with E-state index in [9.17, 15) is 8.78 Å². The number of anilines is 2. The quantitative estimate of drug-likeness (QED) is 0.800. The molecular weight excluding hydrogens is 222 g/mol. The Morgan fingerprint density at radius 1 is 1.00 bits per heavy atom. The van der Waals surface area contributed by atoms with Crippen molar-refractivity contribution in [2.75, 3.05) is 11.1 Å². The molecule has 0 aliphatic carbocycles. The van der Waals surface area contributed by atoms with E-state index in [0.717, 1.165) is 11.6 Å². The zero-order chi connectivity index (χ0) is 12.3. The molecule has 0 saturated heterocycles. The van der Waals surface area contributed by atoms with Crippen LogP contribution in [0.4, 0.5) is 20.2 Å². The van der Waals surface area contributed by atoms with Gasteiger partial charge in [0, 0.05) is 6.54 Å². The smallest absolute Gasteiger partial charge is 0.183 e. The monoisotopic (exact) mass is 234 g/mol. The molecule has 2 nitrogen and oxygen atoms in total. The van der Waals surface area contributed by atoms with Crippen LogP contribution >= 0.6 is 0 Å². The molecule has 0 amide bonds. The largest absolute Gasteiger partial charge is 0.397 e. The van der Waals surface area contributed by atoms with E-state index < -0.39 is 11.6 Å². The molecule has 4 heteroatoms. The predicted octanol–water partition coefficient (Wildman–Crippen LogP) is 3.16. The minimum atomic E-state index is -0.944. The number of nitrogens with two attached hydrogens (primary N) is 1. The molecular formula is C13H12F2N2. The van der Waals surface area contributed by atoms with Crippen LogP contribution in [0.15, 0.2) is 42.5 Å². The van der Waals surface area contributed by atoms with Crippen LogP contribution in [0.5, 0.6) is 0 Å². The summed E-state index contributed by atoms with van der Waals surface area (Å²) >= 11 is 0. The third kappa shape index (κ3) is 2.53. The lowest BCUT2D eigenvalue weighted by Crippen LogP contribution is -2.06. The van der Waals surface area contributed by atoms with Crippen molar-refractivity contribution in [3.63, 3.8) is 0 Å². The van der Waals surface area contributed by atoms with Crippen LogP contribution in [0.1, 0.15) is 5.56 Å². The molecule has 2 aromatic rings. The van der Waals surface area contributed by atoms with Gasteiger partial charge in [-0.15, -0.1) is 0 Å². The van der Waals surface area contributed by atoms with Gasteiger partial charge in [0.25, 0.3) is 0 Å². The molecule has 88 valence electrons. The molecule has 0 aliphatic heterocycles. The number of benzene rings is 2. The number of hydrogen-bond acceptors (Lipinski definition) is 2. The van der Waals surface area contributed by atoms with E-state index in [1.54, 1.807) is 0 Å². The van der Waals surface area contributed by atoms with Gasteiger partial charge >= 0.3 is 0 Å². The second-order valence-electron chi connectivity index (χ2n) is 3.66. The lowest BCUT2D eigenvalue weighted by Gasteiger charge is -2.10. The minimum Gasteiger partial charge on any atom is -0.397 e. The van der Waals surface area contributed by atoms with Crippen LogP contribution < -0.4 is 11.1 Å². The summed E-state index contributed by atoms with van der Waals surface area (Å²) in [6, 6.07) is 11.8. The normalized spacial score (nSPS) is 10.2. The standard InChI is InChI=1S/C13H12F2N2/c14-10-6-7-11(16)13(12(10)15)17-8-9-4-2-1-3-5-9/h1-7,17H,8,16H2. The van der Waals surface area contributed by atoms with Gasteiger partial charge < -0.3 is 11.1 Å². The predicted molar refractivity (Wildman–Crippen MR) is 64.5 cm³/mol. The van der Waals surface area contributed by atoms with Crippen molar-refractivity contribution < 1.29 is 8.78 Å². The molecule has 0 aromatic heterocycles. The summed E-state index contributed by atoms with van der Waals surface area (Å²) < 4.78 is 26.5. The fourth-order valence-corrected chi connectivity index (χ4v) is 1.53. The Balaban J connectivity index is 2.17. The summed E-state index contributed by atoms with van der Waals surface area (Å²) in [6.07, 6.45) is 0. The first-order chi connectivity index (χ1) is 8.18. The Morgan fingerprint density at radius 2 is 1.71 bits per heavy atom. The van der Waals surface area contributed by atoms with Crippen molar-refractivity contribution in [3.8, 4) is 0 Å². The second-order valence-corrected chi connectivity index (χ2v) is 3.66. The van der Waals surface area contributed by atoms with Gasteiger partial charge in [0.1, 0.15) is 0 Å². The Bertz CT molecular complexity index is 512. The SMILES string of the molecule is Nc1ccc(F)c(F)c1NCc1ccccc1. The van der Waals surface area contributed by atoms with Crippen LogP contribution in [0, 0.1) is 11.6 Å². The molecule has 0 radical (unpaired) electrons. The summed E-state index contributed by atoms with van der Waals surface area (Å²) in [6.45, 7) is 0.394. The molecule has 0 bridgehead atoms. The first-order valence-corrected chi connectivity index (χ1v) is 5.20. The molecule has 17 heavy (non-hydrogen) atoms. The fraction of sp³-hybridized carbons (Fsp3) is 0.0769. The van der Waals surface area contributed by atoms with Crippen LogP contribution in [0.3, 0.4) is 0 Å². The van der Waals surface area contributed by atoms with E-state index in [1.165, 1.54) is 6.07 Å². The minimum absolute atomic E-state index is 0.00820. The van der Waals surface area contributed by atoms with Crippen molar-refractivity contribution in [1.29, 1.82) is 0 Å². The number of hydrogen-bond donors (Lipinski definition) is 2. The van der Waals surface area contributed by atoms with Crippen molar-refractivity contribution in [3.05, 3.63) is 59.7 Å². The van der Waals surface area contributed by atoms with Crippen LogP contribution in [-0.2, 0) is 6.54 Å². The summed E-state index contributed by atoms with van der Waals surface area (Å²) in [5.41, 5.74) is 6.76. The fourth-order valence-electron chi connectivity index (χ4n) is 1.53. The first kappa shape index (κ1) is 11.4. The van der Waals surface area contributed by atoms with Crippen molar-refractivity contribution in [1.82, 2.24) is 0 Å². The van der Waals surface area contributed by atoms with Gasteiger partial charge in [-0.25, -0.2) is 8.78 Å². The maximum absolute atomic E-state index is 13.4. The van der Waals surface area contributed by atoms with Crippen LogP contribution in [-0.4, -0.2) is 0 Å². The van der Waals surface area contributed by atoms with Crippen LogP contribution in [0.2, 0.25) is 0 Å². The highest BCUT2D eigenvalue weighted by Crippen LogP contribution is 2.24. The van der Waals surface area contributed by atoms with E-state index >= 15 is 0 Å². The molecule has 0 atom stereocenters. The second kappa shape index (κ2) is 4.82. The van der Waals surface area contributed by atoms with E-state index in [4.69, 9.17) is 5.73 Å². The highest BCUT2D eigenvalue weighted by molar-refractivity contribution is 5.66. The van der Waals surface area contributed by atoms with E-state index in [0.29, 0.717) is 6.54 Å². The molecule has 0 aliphatic rings. The van der Waals surface area contributed by atoms with Gasteiger partial charge in [-0.1, -0.05) is 30.3 Å². The molecule has 0 unspecified atom stereocenters. The maximum Gasteiger partial charge on any atom is 0.183 e. The number of nitrogen functional groups attached to an aromatic ring is 1. The lowest BCUT2D eigenvalue weighted by molar-refractivity contribution is 0.511. The zero-order valence-electron chi connectivity index (χ0n) is 9.08. The summed E-state index contributed by atoms with van der Waals surface area (Å²) in [7, 11) is 0. The molecule has 0 saturated carbocycles. The molecule has 2 aromatic carbocycles. The van der Waals surface area contributed by atoms with Gasteiger partial charge in [0.15, 0.2) is 11.6 Å². The van der Waals surface area contributed by atoms with Crippen molar-refractivity contribution in [2.24, 2.45) is 0 Å². The number of rotatable bonds is 3. The molecule has 3 N–H and O–H groups in total. The highest BCUT2D eigenvalue weighted by atomic mass is 19.2. The van der Waals surface area contributed by atoms with E-state index in [1.807, 2.05) is 30.3 Å². The number of halogens is 2. The third-order valence-corrected chi connectivity index (χ3v) is 2.44. The van der Waals surface area contributed by atoms with Gasteiger partial charge in [0.05, 0.1) is 11.4 Å². The topological polar surface area (TPSA) is 38.0 Å².